The van der Waals surface area contributed by atoms with E-state index < -0.39 is 0 Å². The number of amides is 1. The van der Waals surface area contributed by atoms with Crippen LogP contribution in [0.3, 0.4) is 0 Å². The summed E-state index contributed by atoms with van der Waals surface area (Å²) in [6.07, 6.45) is 6.15. The summed E-state index contributed by atoms with van der Waals surface area (Å²) in [5, 5.41) is 19.4. The van der Waals surface area contributed by atoms with Gasteiger partial charge in [0.2, 0.25) is 11.9 Å². The van der Waals surface area contributed by atoms with Gasteiger partial charge in [0.15, 0.2) is 0 Å². The molecule has 0 saturated heterocycles. The second kappa shape index (κ2) is 8.36. The SMILES string of the molecule is O=C1Nc2cnc(NCc3cnn(Cc4ccc(F)cc4)c3)nc2C[C@H]1CCO. The minimum Gasteiger partial charge on any atom is -0.396 e. The fourth-order valence-corrected chi connectivity index (χ4v) is 3.25. The first kappa shape index (κ1) is 19.0. The Labute approximate surface area is 166 Å². The van der Waals surface area contributed by atoms with Crippen LogP contribution in [0.5, 0.6) is 0 Å². The van der Waals surface area contributed by atoms with E-state index in [0.29, 0.717) is 37.6 Å². The van der Waals surface area contributed by atoms with Gasteiger partial charge in [-0.3, -0.25) is 9.48 Å². The standard InChI is InChI=1S/C20H21FN6O2/c21-16-3-1-13(2-4-16)11-27-12-14(9-24-27)8-22-20-23-10-18-17(26-20)7-15(5-6-28)19(29)25-18/h1-4,9-10,12,15,28H,5-8,11H2,(H,25,29)(H,22,23,26)/t15-/m1/s1. The number of nitrogens with zero attached hydrogens (tertiary/aromatic N) is 4. The van der Waals surface area contributed by atoms with E-state index in [2.05, 4.69) is 25.7 Å². The number of aliphatic hydroxyl groups excluding tert-OH is 1. The van der Waals surface area contributed by atoms with Crippen molar-refractivity contribution in [1.29, 1.82) is 0 Å². The molecule has 1 aliphatic rings. The summed E-state index contributed by atoms with van der Waals surface area (Å²) in [4.78, 5) is 20.7. The van der Waals surface area contributed by atoms with E-state index in [0.717, 1.165) is 16.8 Å². The average Bonchev–Trinajstić information content (AvgIpc) is 3.16. The van der Waals surface area contributed by atoms with Gasteiger partial charge in [0, 0.05) is 37.3 Å². The van der Waals surface area contributed by atoms with E-state index in [9.17, 15) is 9.18 Å². The molecule has 1 aliphatic heterocycles. The van der Waals surface area contributed by atoms with Crippen molar-refractivity contribution in [2.75, 3.05) is 17.2 Å². The second-order valence-corrected chi connectivity index (χ2v) is 6.98. The van der Waals surface area contributed by atoms with Crippen molar-refractivity contribution >= 4 is 17.5 Å². The molecule has 0 bridgehead atoms. The number of carbonyl (C=O) groups excluding carboxylic acids is 1. The van der Waals surface area contributed by atoms with Gasteiger partial charge in [-0.15, -0.1) is 0 Å². The lowest BCUT2D eigenvalue weighted by atomic mass is 9.95. The number of nitrogens with one attached hydrogen (secondary N) is 2. The Kier molecular flexibility index (Phi) is 5.48. The zero-order chi connectivity index (χ0) is 20.2. The molecule has 1 atom stereocenters. The Morgan fingerprint density at radius 2 is 2.07 bits per heavy atom. The van der Waals surface area contributed by atoms with E-state index in [1.165, 1.54) is 12.1 Å². The summed E-state index contributed by atoms with van der Waals surface area (Å²) in [6, 6.07) is 6.34. The maximum atomic E-state index is 13.0. The first-order valence-electron chi connectivity index (χ1n) is 9.38. The molecule has 0 fully saturated rings. The molecule has 1 amide bonds. The molecule has 0 spiro atoms. The van der Waals surface area contributed by atoms with Gasteiger partial charge >= 0.3 is 0 Å². The lowest BCUT2D eigenvalue weighted by molar-refractivity contribution is -0.120. The van der Waals surface area contributed by atoms with Crippen LogP contribution in [-0.2, 0) is 24.3 Å². The zero-order valence-corrected chi connectivity index (χ0v) is 15.7. The third kappa shape index (κ3) is 4.57. The molecule has 8 nitrogen and oxygen atoms in total. The summed E-state index contributed by atoms with van der Waals surface area (Å²) < 4.78 is 14.8. The van der Waals surface area contributed by atoms with Gasteiger partial charge in [0.1, 0.15) is 5.82 Å². The van der Waals surface area contributed by atoms with E-state index >= 15 is 0 Å². The Morgan fingerprint density at radius 1 is 1.24 bits per heavy atom. The highest BCUT2D eigenvalue weighted by Crippen LogP contribution is 2.25. The quantitative estimate of drug-likeness (QED) is 0.564. The molecule has 0 saturated carbocycles. The minimum absolute atomic E-state index is 0.0362. The fraction of sp³-hybridized carbons (Fsp3) is 0.300. The molecule has 9 heteroatoms. The van der Waals surface area contributed by atoms with E-state index in [4.69, 9.17) is 5.11 Å². The highest BCUT2D eigenvalue weighted by atomic mass is 19.1. The number of fused-ring (bicyclic) bond motifs is 1. The summed E-state index contributed by atoms with van der Waals surface area (Å²) in [5.41, 5.74) is 3.29. The van der Waals surface area contributed by atoms with Crippen LogP contribution in [0.2, 0.25) is 0 Å². The largest absolute Gasteiger partial charge is 0.396 e. The van der Waals surface area contributed by atoms with E-state index in [1.54, 1.807) is 29.2 Å². The third-order valence-corrected chi connectivity index (χ3v) is 4.81. The van der Waals surface area contributed by atoms with Crippen LogP contribution in [0.1, 0.15) is 23.2 Å². The minimum atomic E-state index is -0.278. The summed E-state index contributed by atoms with van der Waals surface area (Å²) >= 11 is 0. The highest BCUT2D eigenvalue weighted by molar-refractivity contribution is 5.95. The molecule has 0 unspecified atom stereocenters. The van der Waals surface area contributed by atoms with Gasteiger partial charge < -0.3 is 15.7 Å². The van der Waals surface area contributed by atoms with Crippen LogP contribution in [0.4, 0.5) is 16.0 Å². The Morgan fingerprint density at radius 3 is 2.86 bits per heavy atom. The smallest absolute Gasteiger partial charge is 0.228 e. The Balaban J connectivity index is 1.37. The zero-order valence-electron chi connectivity index (χ0n) is 15.7. The number of aliphatic hydroxyl groups is 1. The second-order valence-electron chi connectivity index (χ2n) is 6.98. The summed E-state index contributed by atoms with van der Waals surface area (Å²) in [5.74, 6) is -0.176. The van der Waals surface area contributed by atoms with Gasteiger partial charge in [0.05, 0.1) is 30.3 Å². The summed E-state index contributed by atoms with van der Waals surface area (Å²) in [7, 11) is 0. The first-order chi connectivity index (χ1) is 14.1. The molecule has 150 valence electrons. The maximum Gasteiger partial charge on any atom is 0.228 e. The Bertz CT molecular complexity index is 1000. The molecule has 2 aromatic heterocycles. The normalized spacial score (nSPS) is 15.7. The molecule has 0 radical (unpaired) electrons. The summed E-state index contributed by atoms with van der Waals surface area (Å²) in [6.45, 7) is 1.02. The van der Waals surface area contributed by atoms with Gasteiger partial charge in [-0.1, -0.05) is 12.1 Å². The van der Waals surface area contributed by atoms with E-state index in [-0.39, 0.29) is 24.2 Å². The van der Waals surface area contributed by atoms with Crippen molar-refractivity contribution in [3.63, 3.8) is 0 Å². The van der Waals surface area contributed by atoms with Crippen LogP contribution >= 0.6 is 0 Å². The van der Waals surface area contributed by atoms with Crippen LogP contribution < -0.4 is 10.6 Å². The lowest BCUT2D eigenvalue weighted by Crippen LogP contribution is -2.31. The van der Waals surface area contributed by atoms with Crippen molar-refractivity contribution < 1.29 is 14.3 Å². The van der Waals surface area contributed by atoms with Gasteiger partial charge in [0.25, 0.3) is 0 Å². The number of benzene rings is 1. The van der Waals surface area contributed by atoms with Gasteiger partial charge in [-0.05, 0) is 24.1 Å². The van der Waals surface area contributed by atoms with Crippen LogP contribution in [0, 0.1) is 11.7 Å². The molecular weight excluding hydrogens is 375 g/mol. The fourth-order valence-electron chi connectivity index (χ4n) is 3.25. The van der Waals surface area contributed by atoms with Crippen molar-refractivity contribution in [2.24, 2.45) is 5.92 Å². The predicted molar refractivity (Wildman–Crippen MR) is 105 cm³/mol. The van der Waals surface area contributed by atoms with Crippen molar-refractivity contribution in [3.8, 4) is 0 Å². The monoisotopic (exact) mass is 396 g/mol. The molecule has 3 heterocycles. The highest BCUT2D eigenvalue weighted by Gasteiger charge is 2.27. The number of anilines is 2. The number of hydrogen-bond donors (Lipinski definition) is 3. The number of rotatable bonds is 7. The molecular formula is C20H21FN6O2. The number of halogens is 1. The third-order valence-electron chi connectivity index (χ3n) is 4.81. The van der Waals surface area contributed by atoms with Crippen molar-refractivity contribution in [2.45, 2.75) is 25.9 Å². The molecule has 0 aliphatic carbocycles. The van der Waals surface area contributed by atoms with E-state index in [1.807, 2.05) is 6.20 Å². The van der Waals surface area contributed by atoms with Gasteiger partial charge in [-0.25, -0.2) is 14.4 Å². The Hall–Kier alpha value is -3.33. The number of aromatic nitrogens is 4. The number of hydrogen-bond acceptors (Lipinski definition) is 6. The molecule has 3 N–H and O–H groups in total. The predicted octanol–water partition coefficient (Wildman–Crippen LogP) is 1.97. The van der Waals surface area contributed by atoms with Crippen LogP contribution in [0.15, 0.2) is 42.9 Å². The van der Waals surface area contributed by atoms with Crippen LogP contribution in [-0.4, -0.2) is 37.4 Å². The molecule has 1 aromatic carbocycles. The topological polar surface area (TPSA) is 105 Å². The van der Waals surface area contributed by atoms with Crippen molar-refractivity contribution in [1.82, 2.24) is 19.7 Å². The maximum absolute atomic E-state index is 13.0. The molecule has 29 heavy (non-hydrogen) atoms. The lowest BCUT2D eigenvalue weighted by Gasteiger charge is -2.23. The molecule has 4 rings (SSSR count). The van der Waals surface area contributed by atoms with Crippen molar-refractivity contribution in [3.05, 3.63) is 65.5 Å². The first-order valence-corrected chi connectivity index (χ1v) is 9.38. The average molecular weight is 396 g/mol. The number of carbonyl (C=O) groups is 1. The molecule has 3 aromatic rings. The van der Waals surface area contributed by atoms with Gasteiger partial charge in [-0.2, -0.15) is 5.10 Å². The van der Waals surface area contributed by atoms with Crippen LogP contribution in [0.25, 0.3) is 0 Å².